The average Bonchev–Trinajstić information content (AvgIpc) is 2.94. The molecule has 10 heteroatoms. The highest BCUT2D eigenvalue weighted by atomic mass is 32.2. The number of likely N-dealkylation sites (tertiary alicyclic amines) is 1. The lowest BCUT2D eigenvalue weighted by Crippen LogP contribution is -2.70. The molecule has 1 aromatic heterocycles. The van der Waals surface area contributed by atoms with E-state index in [9.17, 15) is 17.2 Å². The molecule has 7 nitrogen and oxygen atoms in total. The van der Waals surface area contributed by atoms with E-state index >= 15 is 0 Å². The largest absolute Gasteiger partial charge is 0.380 e. The van der Waals surface area contributed by atoms with Gasteiger partial charge in [0.05, 0.1) is 13.2 Å². The Bertz CT molecular complexity index is 859. The fraction of sp³-hybridized carbons (Fsp3) is 0.833. The highest BCUT2D eigenvalue weighted by Gasteiger charge is 2.56. The van der Waals surface area contributed by atoms with Gasteiger partial charge in [0.25, 0.3) is 16.4 Å². The Kier molecular flexibility index (Phi) is 4.18. The van der Waals surface area contributed by atoms with Crippen LogP contribution < -0.4 is 0 Å². The number of hydrogen-bond acceptors (Lipinski definition) is 5. The first-order valence-corrected chi connectivity index (χ1v) is 11.3. The second-order valence-corrected chi connectivity index (χ2v) is 11.1. The number of aromatic nitrogens is 2. The van der Waals surface area contributed by atoms with E-state index in [2.05, 4.69) is 10.00 Å². The molecule has 3 saturated heterocycles. The van der Waals surface area contributed by atoms with Crippen LogP contribution in [0.25, 0.3) is 0 Å². The van der Waals surface area contributed by atoms with Crippen LogP contribution in [0.2, 0.25) is 0 Å². The van der Waals surface area contributed by atoms with Crippen LogP contribution in [-0.2, 0) is 21.8 Å². The minimum absolute atomic E-state index is 0.154. The number of rotatable bonds is 4. The number of piperidine rings is 1. The van der Waals surface area contributed by atoms with Crippen molar-refractivity contribution in [2.45, 2.75) is 43.2 Å². The Hall–Kier alpha value is -1.10. The maximum absolute atomic E-state index is 12.9. The molecular weight excluding hydrogens is 390 g/mol. The number of aryl methyl sites for hydroxylation is 1. The van der Waals surface area contributed by atoms with E-state index in [1.54, 1.807) is 0 Å². The molecule has 1 saturated carbocycles. The number of ether oxygens (including phenoxy) is 1. The summed E-state index contributed by atoms with van der Waals surface area (Å²) < 4.78 is 59.3. The quantitative estimate of drug-likeness (QED) is 0.746. The lowest BCUT2D eigenvalue weighted by molar-refractivity contribution is -0.215. The topological polar surface area (TPSA) is 67.7 Å². The predicted molar refractivity (Wildman–Crippen MR) is 96.4 cm³/mol. The van der Waals surface area contributed by atoms with E-state index in [-0.39, 0.29) is 10.4 Å². The summed E-state index contributed by atoms with van der Waals surface area (Å²) in [5.41, 5.74) is 0.178. The SMILES string of the molecule is Cn1nc(C(F)F)cc1S(=O)(=O)N1CCC2(CC1)CC(N1CC3(COC3)C1)C2. The first-order valence-electron chi connectivity index (χ1n) is 9.86. The molecule has 0 unspecified atom stereocenters. The van der Waals surface area contributed by atoms with Gasteiger partial charge in [-0.05, 0) is 31.1 Å². The zero-order valence-corrected chi connectivity index (χ0v) is 16.8. The number of sulfonamides is 1. The molecule has 4 aliphatic rings. The van der Waals surface area contributed by atoms with Gasteiger partial charge in [0, 0.05) is 50.7 Å². The molecule has 0 atom stereocenters. The van der Waals surface area contributed by atoms with Crippen molar-refractivity contribution in [2.24, 2.45) is 17.9 Å². The maximum atomic E-state index is 12.9. The molecule has 2 spiro atoms. The van der Waals surface area contributed by atoms with Crippen molar-refractivity contribution in [3.8, 4) is 0 Å². The van der Waals surface area contributed by atoms with Gasteiger partial charge in [0.15, 0.2) is 5.03 Å². The van der Waals surface area contributed by atoms with E-state index < -0.39 is 22.1 Å². The number of hydrogen-bond donors (Lipinski definition) is 0. The normalized spacial score (nSPS) is 27.7. The lowest BCUT2D eigenvalue weighted by Gasteiger charge is -2.63. The van der Waals surface area contributed by atoms with Crippen LogP contribution in [0.3, 0.4) is 0 Å². The average molecular weight is 416 g/mol. The third-order valence-electron chi connectivity index (χ3n) is 7.21. The van der Waals surface area contributed by atoms with Crippen LogP contribution >= 0.6 is 0 Å². The Morgan fingerprint density at radius 1 is 1.18 bits per heavy atom. The second-order valence-electron chi connectivity index (χ2n) is 9.20. The number of halogens is 2. The highest BCUT2D eigenvalue weighted by molar-refractivity contribution is 7.89. The Morgan fingerprint density at radius 3 is 2.32 bits per heavy atom. The fourth-order valence-electron chi connectivity index (χ4n) is 5.41. The summed E-state index contributed by atoms with van der Waals surface area (Å²) in [6.07, 6.45) is 1.17. The van der Waals surface area contributed by atoms with Crippen LogP contribution in [0.15, 0.2) is 11.1 Å². The Morgan fingerprint density at radius 2 is 1.82 bits per heavy atom. The molecule has 0 bridgehead atoms. The summed E-state index contributed by atoms with van der Waals surface area (Å²) in [5.74, 6) is 0. The van der Waals surface area contributed by atoms with Gasteiger partial charge in [-0.15, -0.1) is 0 Å². The minimum Gasteiger partial charge on any atom is -0.380 e. The molecular formula is C18H26F2N4O3S. The molecule has 28 heavy (non-hydrogen) atoms. The van der Waals surface area contributed by atoms with Crippen LogP contribution in [0, 0.1) is 10.8 Å². The van der Waals surface area contributed by atoms with E-state index in [0.717, 1.165) is 62.7 Å². The molecule has 5 rings (SSSR count). The zero-order valence-electron chi connectivity index (χ0n) is 16.0. The molecule has 156 valence electrons. The fourth-order valence-corrected chi connectivity index (χ4v) is 6.98. The Balaban J connectivity index is 1.18. The van der Waals surface area contributed by atoms with E-state index in [1.807, 2.05) is 0 Å². The van der Waals surface area contributed by atoms with Crippen LogP contribution in [0.5, 0.6) is 0 Å². The molecule has 0 N–H and O–H groups in total. The monoisotopic (exact) mass is 416 g/mol. The van der Waals surface area contributed by atoms with Crippen molar-refractivity contribution in [3.63, 3.8) is 0 Å². The number of nitrogens with zero attached hydrogens (tertiary/aromatic N) is 4. The van der Waals surface area contributed by atoms with E-state index in [1.165, 1.54) is 11.4 Å². The molecule has 4 fully saturated rings. The summed E-state index contributed by atoms with van der Waals surface area (Å²) in [6.45, 7) is 4.97. The van der Waals surface area contributed by atoms with Gasteiger partial charge < -0.3 is 4.74 Å². The first kappa shape index (κ1) is 18.9. The predicted octanol–water partition coefficient (Wildman–Crippen LogP) is 1.62. The van der Waals surface area contributed by atoms with Crippen molar-refractivity contribution in [2.75, 3.05) is 39.4 Å². The van der Waals surface area contributed by atoms with Crippen LogP contribution in [0.1, 0.15) is 37.8 Å². The standard InChI is InChI=1S/C18H26F2N4O3S/c1-22-15(6-14(21-22)16(19)20)28(25,26)24-4-2-17(3-5-24)7-13(8-17)23-9-18(10-23)11-27-12-18/h6,13,16H,2-5,7-12H2,1H3. The van der Waals surface area contributed by atoms with Crippen molar-refractivity contribution in [1.29, 1.82) is 0 Å². The number of alkyl halides is 2. The molecule has 1 aliphatic carbocycles. The summed E-state index contributed by atoms with van der Waals surface area (Å²) in [4.78, 5) is 2.55. The van der Waals surface area contributed by atoms with E-state index in [4.69, 9.17) is 4.74 Å². The molecule has 1 aromatic rings. The third kappa shape index (κ3) is 2.83. The smallest absolute Gasteiger partial charge is 0.282 e. The maximum Gasteiger partial charge on any atom is 0.282 e. The van der Waals surface area contributed by atoms with Gasteiger partial charge in [0.2, 0.25) is 0 Å². The van der Waals surface area contributed by atoms with Gasteiger partial charge >= 0.3 is 0 Å². The first-order chi connectivity index (χ1) is 13.2. The van der Waals surface area contributed by atoms with Crippen molar-refractivity contribution in [3.05, 3.63) is 11.8 Å². The Labute approximate surface area is 163 Å². The van der Waals surface area contributed by atoms with Crippen LogP contribution in [0.4, 0.5) is 8.78 Å². The van der Waals surface area contributed by atoms with Crippen molar-refractivity contribution < 1.29 is 21.9 Å². The minimum atomic E-state index is -3.80. The van der Waals surface area contributed by atoms with Gasteiger partial charge in [-0.3, -0.25) is 9.58 Å². The highest BCUT2D eigenvalue weighted by Crippen LogP contribution is 2.54. The molecule has 3 aliphatic heterocycles. The molecule has 0 amide bonds. The van der Waals surface area contributed by atoms with Crippen LogP contribution in [-0.4, -0.2) is 72.8 Å². The van der Waals surface area contributed by atoms with Crippen molar-refractivity contribution >= 4 is 10.0 Å². The summed E-state index contributed by atoms with van der Waals surface area (Å²) >= 11 is 0. The second kappa shape index (κ2) is 6.20. The summed E-state index contributed by atoms with van der Waals surface area (Å²) in [5, 5.41) is 3.49. The van der Waals surface area contributed by atoms with Gasteiger partial charge in [-0.25, -0.2) is 17.2 Å². The van der Waals surface area contributed by atoms with Crippen molar-refractivity contribution in [1.82, 2.24) is 19.0 Å². The zero-order chi connectivity index (χ0) is 19.7. The van der Waals surface area contributed by atoms with Gasteiger partial charge in [0.1, 0.15) is 5.69 Å². The molecule has 0 aromatic carbocycles. The van der Waals surface area contributed by atoms with Gasteiger partial charge in [-0.2, -0.15) is 9.40 Å². The molecule has 0 radical (unpaired) electrons. The van der Waals surface area contributed by atoms with Gasteiger partial charge in [-0.1, -0.05) is 0 Å². The third-order valence-corrected chi connectivity index (χ3v) is 9.17. The van der Waals surface area contributed by atoms with E-state index in [0.29, 0.717) is 24.5 Å². The summed E-state index contributed by atoms with van der Waals surface area (Å²) in [6, 6.07) is 1.62. The molecule has 4 heterocycles. The summed E-state index contributed by atoms with van der Waals surface area (Å²) in [7, 11) is -2.40. The lowest BCUT2D eigenvalue weighted by atomic mass is 9.59.